The smallest absolute Gasteiger partial charge is 0.433 e. The van der Waals surface area contributed by atoms with E-state index in [0.717, 1.165) is 6.07 Å². The molecule has 218 valence electrons. The van der Waals surface area contributed by atoms with Gasteiger partial charge in [0.05, 0.1) is 16.9 Å². The molecule has 0 fully saturated rings. The average Bonchev–Trinajstić information content (AvgIpc) is 3.66. The summed E-state index contributed by atoms with van der Waals surface area (Å²) in [4.78, 5) is 29.1. The predicted octanol–water partition coefficient (Wildman–Crippen LogP) is 6.40. The van der Waals surface area contributed by atoms with Gasteiger partial charge in [0.25, 0.3) is 11.8 Å². The Hall–Kier alpha value is -4.14. The molecule has 2 amide bonds. The number of alkyl halides is 3. The fourth-order valence-corrected chi connectivity index (χ4v) is 5.60. The van der Waals surface area contributed by atoms with E-state index in [1.54, 1.807) is 29.8 Å². The third-order valence-corrected chi connectivity index (χ3v) is 8.15. The lowest BCUT2D eigenvalue weighted by Crippen LogP contribution is -2.18. The summed E-state index contributed by atoms with van der Waals surface area (Å²) in [5, 5.41) is 11.7. The van der Waals surface area contributed by atoms with Crippen LogP contribution in [0.4, 0.5) is 18.9 Å². The first-order valence-corrected chi connectivity index (χ1v) is 13.7. The predicted molar refractivity (Wildman–Crippen MR) is 152 cm³/mol. The molecule has 42 heavy (non-hydrogen) atoms. The van der Waals surface area contributed by atoms with Crippen molar-refractivity contribution in [2.75, 3.05) is 5.32 Å². The molecule has 0 aliphatic heterocycles. The Morgan fingerprint density at radius 2 is 1.95 bits per heavy atom. The van der Waals surface area contributed by atoms with E-state index >= 15 is 0 Å². The van der Waals surface area contributed by atoms with Crippen molar-refractivity contribution in [3.8, 4) is 16.9 Å². The fraction of sp³-hybridized carbons (Fsp3) is 0.192. The average molecular weight is 638 g/mol. The molecule has 0 saturated heterocycles. The highest BCUT2D eigenvalue weighted by molar-refractivity contribution is 7.21. The molecule has 0 atom stereocenters. The molecule has 16 heteroatoms. The first kappa shape index (κ1) is 29.4. The molecule has 3 N–H and O–H groups in total. The number of hydrogen-bond acceptors (Lipinski definition) is 7. The molecule has 1 aromatic carbocycles. The molecule has 0 saturated carbocycles. The van der Waals surface area contributed by atoms with Crippen molar-refractivity contribution < 1.29 is 27.5 Å². The lowest BCUT2D eigenvalue weighted by Gasteiger charge is -2.12. The first-order valence-electron chi connectivity index (χ1n) is 12.2. The summed E-state index contributed by atoms with van der Waals surface area (Å²) in [6.45, 7) is 3.90. The SMILES string of the molecule is CCn1ncc(-c2cc(C(F)(F)F)nc3sc(C(N)=O)c(NC(=O)c4ccn(COc5cccc(Cl)c5Cl)n4)c23)c1C. The van der Waals surface area contributed by atoms with Crippen LogP contribution in [-0.4, -0.2) is 36.4 Å². The van der Waals surface area contributed by atoms with Gasteiger partial charge in [-0.2, -0.15) is 23.4 Å². The number of aryl methyl sites for hydroxylation is 1. The number of amides is 2. The maximum absolute atomic E-state index is 13.8. The van der Waals surface area contributed by atoms with Crippen LogP contribution in [0.25, 0.3) is 21.3 Å². The second kappa shape index (κ2) is 11.3. The Balaban J connectivity index is 1.54. The summed E-state index contributed by atoms with van der Waals surface area (Å²) in [6, 6.07) is 7.13. The number of primary amides is 1. The van der Waals surface area contributed by atoms with Crippen LogP contribution < -0.4 is 15.8 Å². The van der Waals surface area contributed by atoms with Gasteiger partial charge in [-0.05, 0) is 43.7 Å². The van der Waals surface area contributed by atoms with Gasteiger partial charge in [-0.15, -0.1) is 11.3 Å². The molecule has 0 unspecified atom stereocenters. The number of benzene rings is 1. The minimum atomic E-state index is -4.78. The van der Waals surface area contributed by atoms with Gasteiger partial charge in [0.1, 0.15) is 26.2 Å². The molecule has 5 rings (SSSR count). The highest BCUT2D eigenvalue weighted by Crippen LogP contribution is 2.44. The van der Waals surface area contributed by atoms with Crippen molar-refractivity contribution >= 4 is 62.3 Å². The maximum atomic E-state index is 13.8. The Kier molecular flexibility index (Phi) is 7.88. The number of thiophene rings is 1. The Morgan fingerprint density at radius 3 is 2.62 bits per heavy atom. The summed E-state index contributed by atoms with van der Waals surface area (Å²) in [5.74, 6) is -1.39. The van der Waals surface area contributed by atoms with E-state index in [1.165, 1.54) is 23.1 Å². The number of carbonyl (C=O) groups is 2. The van der Waals surface area contributed by atoms with Crippen molar-refractivity contribution in [2.24, 2.45) is 5.73 Å². The van der Waals surface area contributed by atoms with Crippen molar-refractivity contribution in [1.82, 2.24) is 24.5 Å². The number of carbonyl (C=O) groups excluding carboxylic acids is 2. The zero-order valence-corrected chi connectivity index (χ0v) is 24.1. The van der Waals surface area contributed by atoms with Crippen LogP contribution in [0.3, 0.4) is 0 Å². The number of aromatic nitrogens is 5. The molecular formula is C26H20Cl2F3N7O3S. The standard InChI is InChI=1S/C26H20Cl2F3N7O3S/c1-3-38-12(2)14(10-33-38)13-9-18(26(29,30)31)34-25-19(13)21(22(42-25)23(32)39)35-24(40)16-7-8-37(36-16)11-41-17-6-4-5-15(27)20(17)28/h4-10H,3,11H2,1-2H3,(H2,32,39)(H,35,40). The van der Waals surface area contributed by atoms with Gasteiger partial charge in [-0.1, -0.05) is 29.3 Å². The van der Waals surface area contributed by atoms with Crippen LogP contribution in [-0.2, 0) is 19.5 Å². The third kappa shape index (κ3) is 5.52. The number of halogens is 5. The molecule has 0 bridgehead atoms. The second-order valence-corrected chi connectivity index (χ2v) is 10.7. The summed E-state index contributed by atoms with van der Waals surface area (Å²) in [7, 11) is 0. The highest BCUT2D eigenvalue weighted by atomic mass is 35.5. The Morgan fingerprint density at radius 1 is 1.19 bits per heavy atom. The quantitative estimate of drug-likeness (QED) is 0.202. The molecule has 0 aliphatic rings. The van der Waals surface area contributed by atoms with Gasteiger partial charge in [0.2, 0.25) is 0 Å². The molecule has 5 aromatic rings. The zero-order chi connectivity index (χ0) is 30.3. The molecule has 4 heterocycles. The molecule has 0 radical (unpaired) electrons. The number of ether oxygens (including phenoxy) is 1. The van der Waals surface area contributed by atoms with E-state index in [0.29, 0.717) is 39.9 Å². The summed E-state index contributed by atoms with van der Waals surface area (Å²) in [6.07, 6.45) is -1.88. The largest absolute Gasteiger partial charge is 0.470 e. The van der Waals surface area contributed by atoms with E-state index in [9.17, 15) is 22.8 Å². The first-order chi connectivity index (χ1) is 19.9. The van der Waals surface area contributed by atoms with Crippen LogP contribution in [0.2, 0.25) is 10.0 Å². The summed E-state index contributed by atoms with van der Waals surface area (Å²) >= 11 is 12.8. The topological polar surface area (TPSA) is 130 Å². The van der Waals surface area contributed by atoms with Crippen molar-refractivity contribution in [3.63, 3.8) is 0 Å². The molecule has 10 nitrogen and oxygen atoms in total. The van der Waals surface area contributed by atoms with Crippen LogP contribution >= 0.6 is 34.5 Å². The van der Waals surface area contributed by atoms with Gasteiger partial charge in [-0.25, -0.2) is 9.67 Å². The Labute approximate surface area is 249 Å². The zero-order valence-electron chi connectivity index (χ0n) is 21.8. The van der Waals surface area contributed by atoms with Gasteiger partial charge >= 0.3 is 6.18 Å². The van der Waals surface area contributed by atoms with Crippen LogP contribution in [0.15, 0.2) is 42.7 Å². The van der Waals surface area contributed by atoms with Crippen LogP contribution in [0.1, 0.15) is 38.5 Å². The third-order valence-electron chi connectivity index (χ3n) is 6.25. The lowest BCUT2D eigenvalue weighted by molar-refractivity contribution is -0.140. The van der Waals surface area contributed by atoms with Gasteiger partial charge in [0, 0.05) is 29.4 Å². The molecular weight excluding hydrogens is 618 g/mol. The second-order valence-electron chi connectivity index (χ2n) is 8.88. The van der Waals surface area contributed by atoms with Crippen molar-refractivity contribution in [1.29, 1.82) is 0 Å². The van der Waals surface area contributed by atoms with E-state index in [-0.39, 0.29) is 43.8 Å². The van der Waals surface area contributed by atoms with Crippen LogP contribution in [0.5, 0.6) is 5.75 Å². The van der Waals surface area contributed by atoms with E-state index in [1.807, 2.05) is 6.92 Å². The lowest BCUT2D eigenvalue weighted by atomic mass is 10.0. The number of hydrogen-bond donors (Lipinski definition) is 2. The normalized spacial score (nSPS) is 11.7. The van der Waals surface area contributed by atoms with Crippen LogP contribution in [0, 0.1) is 6.92 Å². The summed E-state index contributed by atoms with van der Waals surface area (Å²) < 4.78 is 50.0. The molecule has 0 spiro atoms. The number of nitrogens with two attached hydrogens (primary N) is 1. The number of nitrogens with one attached hydrogen (secondary N) is 1. The number of anilines is 1. The molecule has 0 aliphatic carbocycles. The van der Waals surface area contributed by atoms with Crippen molar-refractivity contribution in [3.05, 3.63) is 74.7 Å². The van der Waals surface area contributed by atoms with Gasteiger partial charge in [-0.3, -0.25) is 14.3 Å². The van der Waals surface area contributed by atoms with Gasteiger partial charge in [0.15, 0.2) is 12.4 Å². The fourth-order valence-electron chi connectivity index (χ4n) is 4.24. The Bertz CT molecular complexity index is 1850. The minimum Gasteiger partial charge on any atom is -0.470 e. The number of nitrogens with zero attached hydrogens (tertiary/aromatic N) is 5. The van der Waals surface area contributed by atoms with E-state index in [4.69, 9.17) is 33.7 Å². The highest BCUT2D eigenvalue weighted by Gasteiger charge is 2.35. The number of fused-ring (bicyclic) bond motifs is 1. The van der Waals surface area contributed by atoms with Gasteiger partial charge < -0.3 is 15.8 Å². The summed E-state index contributed by atoms with van der Waals surface area (Å²) in [5.41, 5.74) is 5.31. The minimum absolute atomic E-state index is 0.0676. The monoisotopic (exact) mass is 637 g/mol. The van der Waals surface area contributed by atoms with Crippen molar-refractivity contribution in [2.45, 2.75) is 33.3 Å². The molecule has 4 aromatic heterocycles. The maximum Gasteiger partial charge on any atom is 0.433 e. The number of rotatable bonds is 8. The number of pyridine rings is 1. The van der Waals surface area contributed by atoms with E-state index in [2.05, 4.69) is 20.5 Å². The van der Waals surface area contributed by atoms with E-state index < -0.39 is 23.7 Å².